The first-order valence-electron chi connectivity index (χ1n) is 8.95. The first-order valence-corrected chi connectivity index (χ1v) is 8.95. The summed E-state index contributed by atoms with van der Waals surface area (Å²) < 4.78 is 11.0. The van der Waals surface area contributed by atoms with Gasteiger partial charge in [-0.2, -0.15) is 0 Å². The van der Waals surface area contributed by atoms with Gasteiger partial charge < -0.3 is 14.4 Å². The van der Waals surface area contributed by atoms with Crippen molar-refractivity contribution in [2.45, 2.75) is 45.1 Å². The Morgan fingerprint density at radius 1 is 1.21 bits per heavy atom. The molecular weight excluding hydrogens is 306 g/mol. The zero-order chi connectivity index (χ0) is 16.8. The number of ether oxygens (including phenoxy) is 2. The number of aromatic nitrogens is 2. The quantitative estimate of drug-likeness (QED) is 0.821. The summed E-state index contributed by atoms with van der Waals surface area (Å²) >= 11 is 0. The van der Waals surface area contributed by atoms with Gasteiger partial charge in [-0.15, -0.1) is 0 Å². The highest BCUT2D eigenvalue weighted by Gasteiger charge is 2.29. The SMILES string of the molecule is Cc1nccnc1CCC1COCCN1C(=O)CC1CCOCC1. The van der Waals surface area contributed by atoms with Gasteiger partial charge in [0.2, 0.25) is 5.91 Å². The summed E-state index contributed by atoms with van der Waals surface area (Å²) in [5.41, 5.74) is 1.98. The monoisotopic (exact) mass is 333 g/mol. The van der Waals surface area contributed by atoms with Crippen LogP contribution in [-0.4, -0.2) is 59.8 Å². The number of carbonyl (C=O) groups excluding carboxylic acids is 1. The van der Waals surface area contributed by atoms with Crippen LogP contribution in [0.3, 0.4) is 0 Å². The zero-order valence-electron chi connectivity index (χ0n) is 14.4. The van der Waals surface area contributed by atoms with Crippen molar-refractivity contribution < 1.29 is 14.3 Å². The third-order valence-corrected chi connectivity index (χ3v) is 5.05. The molecule has 0 spiro atoms. The molecule has 0 saturated carbocycles. The summed E-state index contributed by atoms with van der Waals surface area (Å²) in [6, 6.07) is 0.146. The van der Waals surface area contributed by atoms with E-state index in [0.29, 0.717) is 32.1 Å². The van der Waals surface area contributed by atoms with E-state index < -0.39 is 0 Å². The Labute approximate surface area is 143 Å². The predicted molar refractivity (Wildman–Crippen MR) is 89.6 cm³/mol. The Morgan fingerprint density at radius 2 is 2.00 bits per heavy atom. The Hall–Kier alpha value is -1.53. The van der Waals surface area contributed by atoms with Crippen LogP contribution >= 0.6 is 0 Å². The topological polar surface area (TPSA) is 64.6 Å². The first kappa shape index (κ1) is 17.3. The molecule has 3 heterocycles. The van der Waals surface area contributed by atoms with Crippen molar-refractivity contribution in [1.29, 1.82) is 0 Å². The molecule has 1 aromatic rings. The Bertz CT molecular complexity index is 546. The first-order chi connectivity index (χ1) is 11.7. The fraction of sp³-hybridized carbons (Fsp3) is 0.722. The molecule has 3 rings (SSSR count). The summed E-state index contributed by atoms with van der Waals surface area (Å²) in [7, 11) is 0. The van der Waals surface area contributed by atoms with Gasteiger partial charge in [0.25, 0.3) is 0 Å². The lowest BCUT2D eigenvalue weighted by atomic mass is 9.95. The van der Waals surface area contributed by atoms with Crippen LogP contribution in [0.5, 0.6) is 0 Å². The van der Waals surface area contributed by atoms with Crippen molar-refractivity contribution in [2.24, 2.45) is 5.92 Å². The van der Waals surface area contributed by atoms with Crippen molar-refractivity contribution in [3.05, 3.63) is 23.8 Å². The average molecular weight is 333 g/mol. The number of hydrogen-bond acceptors (Lipinski definition) is 5. The van der Waals surface area contributed by atoms with Crippen LogP contribution in [-0.2, 0) is 20.7 Å². The number of aryl methyl sites for hydroxylation is 2. The summed E-state index contributed by atoms with van der Waals surface area (Å²) in [6.07, 6.45) is 7.79. The molecule has 0 N–H and O–H groups in total. The van der Waals surface area contributed by atoms with Gasteiger partial charge in [0.05, 0.1) is 30.6 Å². The number of amides is 1. The van der Waals surface area contributed by atoms with Gasteiger partial charge in [0, 0.05) is 38.6 Å². The van der Waals surface area contributed by atoms with Crippen molar-refractivity contribution in [1.82, 2.24) is 14.9 Å². The van der Waals surface area contributed by atoms with Crippen molar-refractivity contribution in [3.63, 3.8) is 0 Å². The van der Waals surface area contributed by atoms with E-state index in [1.54, 1.807) is 12.4 Å². The molecule has 0 aromatic carbocycles. The van der Waals surface area contributed by atoms with E-state index in [1.807, 2.05) is 11.8 Å². The number of hydrogen-bond donors (Lipinski definition) is 0. The standard InChI is InChI=1S/C18H27N3O3/c1-14-17(20-7-6-19-14)3-2-16-13-24-11-8-21(16)18(22)12-15-4-9-23-10-5-15/h6-7,15-16H,2-5,8-13H2,1H3. The smallest absolute Gasteiger partial charge is 0.223 e. The van der Waals surface area contributed by atoms with E-state index in [4.69, 9.17) is 9.47 Å². The molecule has 2 aliphatic heterocycles. The maximum atomic E-state index is 12.8. The second-order valence-electron chi connectivity index (χ2n) is 6.70. The minimum Gasteiger partial charge on any atom is -0.381 e. The highest BCUT2D eigenvalue weighted by molar-refractivity contribution is 5.77. The van der Waals surface area contributed by atoms with Crippen LogP contribution in [0.2, 0.25) is 0 Å². The van der Waals surface area contributed by atoms with Crippen LogP contribution < -0.4 is 0 Å². The van der Waals surface area contributed by atoms with Crippen molar-refractivity contribution in [3.8, 4) is 0 Å². The van der Waals surface area contributed by atoms with Gasteiger partial charge in [-0.25, -0.2) is 0 Å². The van der Waals surface area contributed by atoms with E-state index in [9.17, 15) is 4.79 Å². The van der Waals surface area contributed by atoms with Gasteiger partial charge in [-0.05, 0) is 38.5 Å². The van der Waals surface area contributed by atoms with Gasteiger partial charge in [0.1, 0.15) is 0 Å². The van der Waals surface area contributed by atoms with Crippen LogP contribution in [0.25, 0.3) is 0 Å². The largest absolute Gasteiger partial charge is 0.381 e. The number of morpholine rings is 1. The number of nitrogens with zero attached hydrogens (tertiary/aromatic N) is 3. The molecule has 2 aliphatic rings. The number of carbonyl (C=O) groups is 1. The molecular formula is C18H27N3O3. The normalized spacial score (nSPS) is 22.5. The Kier molecular flexibility index (Phi) is 6.15. The molecule has 0 bridgehead atoms. The summed E-state index contributed by atoms with van der Waals surface area (Å²) in [5, 5.41) is 0. The summed E-state index contributed by atoms with van der Waals surface area (Å²) in [4.78, 5) is 23.5. The van der Waals surface area contributed by atoms with E-state index in [1.165, 1.54) is 0 Å². The Balaban J connectivity index is 1.56. The van der Waals surface area contributed by atoms with Gasteiger partial charge in [0.15, 0.2) is 0 Å². The van der Waals surface area contributed by atoms with Crippen molar-refractivity contribution >= 4 is 5.91 Å². The molecule has 24 heavy (non-hydrogen) atoms. The van der Waals surface area contributed by atoms with E-state index in [-0.39, 0.29) is 11.9 Å². The molecule has 1 unspecified atom stereocenters. The highest BCUT2D eigenvalue weighted by atomic mass is 16.5. The van der Waals surface area contributed by atoms with E-state index >= 15 is 0 Å². The minimum absolute atomic E-state index is 0.146. The molecule has 2 fully saturated rings. The maximum absolute atomic E-state index is 12.8. The van der Waals surface area contributed by atoms with Gasteiger partial charge in [-0.3, -0.25) is 14.8 Å². The molecule has 1 aromatic heterocycles. The third kappa shape index (κ3) is 4.51. The molecule has 0 aliphatic carbocycles. The molecule has 1 atom stereocenters. The lowest BCUT2D eigenvalue weighted by Gasteiger charge is -2.37. The predicted octanol–water partition coefficient (Wildman–Crippen LogP) is 1.76. The van der Waals surface area contributed by atoms with Gasteiger partial charge >= 0.3 is 0 Å². The molecule has 2 saturated heterocycles. The summed E-state index contributed by atoms with van der Waals surface area (Å²) in [5.74, 6) is 0.739. The van der Waals surface area contributed by atoms with Crippen LogP contribution in [0.4, 0.5) is 0 Å². The Morgan fingerprint density at radius 3 is 2.79 bits per heavy atom. The lowest BCUT2D eigenvalue weighted by molar-refractivity contribution is -0.141. The van der Waals surface area contributed by atoms with E-state index in [0.717, 1.165) is 50.3 Å². The fourth-order valence-electron chi connectivity index (χ4n) is 3.52. The third-order valence-electron chi connectivity index (χ3n) is 5.05. The molecule has 1 amide bonds. The highest BCUT2D eigenvalue weighted by Crippen LogP contribution is 2.22. The van der Waals surface area contributed by atoms with Crippen LogP contribution in [0.15, 0.2) is 12.4 Å². The lowest BCUT2D eigenvalue weighted by Crippen LogP contribution is -2.49. The maximum Gasteiger partial charge on any atom is 0.223 e. The van der Waals surface area contributed by atoms with Crippen molar-refractivity contribution in [2.75, 3.05) is 33.0 Å². The van der Waals surface area contributed by atoms with Gasteiger partial charge in [-0.1, -0.05) is 0 Å². The number of rotatable bonds is 5. The molecule has 0 radical (unpaired) electrons. The molecule has 6 nitrogen and oxygen atoms in total. The minimum atomic E-state index is 0.146. The molecule has 132 valence electrons. The summed E-state index contributed by atoms with van der Waals surface area (Å²) in [6.45, 7) is 5.52. The second kappa shape index (κ2) is 8.53. The van der Waals surface area contributed by atoms with Crippen LogP contribution in [0, 0.1) is 12.8 Å². The van der Waals surface area contributed by atoms with E-state index in [2.05, 4.69) is 9.97 Å². The zero-order valence-corrected chi connectivity index (χ0v) is 14.4. The molecule has 6 heteroatoms. The fourth-order valence-corrected chi connectivity index (χ4v) is 3.52. The average Bonchev–Trinajstić information content (AvgIpc) is 2.62. The van der Waals surface area contributed by atoms with Crippen LogP contribution in [0.1, 0.15) is 37.1 Å². The second-order valence-corrected chi connectivity index (χ2v) is 6.70.